The molecule has 3 rings (SSSR count). The normalized spacial score (nSPS) is 15.4. The summed E-state index contributed by atoms with van der Waals surface area (Å²) >= 11 is 6.14. The zero-order chi connectivity index (χ0) is 20.5. The number of halogens is 1. The van der Waals surface area contributed by atoms with Crippen LogP contribution in [-0.4, -0.2) is 24.2 Å². The molecule has 1 amide bonds. The van der Waals surface area contributed by atoms with Crippen LogP contribution in [0.2, 0.25) is 5.02 Å². The van der Waals surface area contributed by atoms with E-state index in [9.17, 15) is 4.79 Å². The van der Waals surface area contributed by atoms with Crippen molar-refractivity contribution in [2.45, 2.75) is 40.2 Å². The number of rotatable bonds is 4. The standard InChI is InChI=1S/C23H26ClN3O/c1-6-27-21-10-8-17(12-19(21)16(3)13-23(27,4)5)14-25-26-22(28)18-9-7-15(2)11-20(18)24/h7-14H,6H2,1-5H3,(H,26,28)/b25-14+. The summed E-state index contributed by atoms with van der Waals surface area (Å²) in [6, 6.07) is 11.6. The van der Waals surface area contributed by atoms with Crippen LogP contribution in [0.3, 0.4) is 0 Å². The summed E-state index contributed by atoms with van der Waals surface area (Å²) in [7, 11) is 0. The Morgan fingerprint density at radius 2 is 1.96 bits per heavy atom. The third-order valence-electron chi connectivity index (χ3n) is 5.07. The van der Waals surface area contributed by atoms with Crippen LogP contribution in [0.25, 0.3) is 5.57 Å². The highest BCUT2D eigenvalue weighted by atomic mass is 35.5. The number of amides is 1. The summed E-state index contributed by atoms with van der Waals surface area (Å²) in [5.41, 5.74) is 8.55. The van der Waals surface area contributed by atoms with Crippen LogP contribution in [0.1, 0.15) is 54.7 Å². The van der Waals surface area contributed by atoms with E-state index in [-0.39, 0.29) is 11.4 Å². The number of allylic oxidation sites excluding steroid dienone is 1. The van der Waals surface area contributed by atoms with E-state index < -0.39 is 0 Å². The van der Waals surface area contributed by atoms with Crippen molar-refractivity contribution in [2.24, 2.45) is 5.10 Å². The molecular weight excluding hydrogens is 370 g/mol. The van der Waals surface area contributed by atoms with Crippen LogP contribution in [0.4, 0.5) is 5.69 Å². The Hall–Kier alpha value is -2.59. The summed E-state index contributed by atoms with van der Waals surface area (Å²) in [5.74, 6) is -0.325. The van der Waals surface area contributed by atoms with Gasteiger partial charge in [-0.3, -0.25) is 4.79 Å². The molecule has 146 valence electrons. The van der Waals surface area contributed by atoms with Gasteiger partial charge in [-0.2, -0.15) is 5.10 Å². The number of hydrazone groups is 1. The van der Waals surface area contributed by atoms with Gasteiger partial charge in [-0.1, -0.05) is 29.8 Å². The second-order valence-corrected chi connectivity index (χ2v) is 8.09. The highest BCUT2D eigenvalue weighted by Gasteiger charge is 2.29. The first-order chi connectivity index (χ1) is 13.2. The van der Waals surface area contributed by atoms with Crippen molar-refractivity contribution in [1.82, 2.24) is 5.43 Å². The van der Waals surface area contributed by atoms with Crippen LogP contribution < -0.4 is 10.3 Å². The Kier molecular flexibility index (Phi) is 5.61. The maximum atomic E-state index is 12.3. The van der Waals surface area contributed by atoms with Gasteiger partial charge in [0, 0.05) is 17.8 Å². The van der Waals surface area contributed by atoms with Crippen molar-refractivity contribution in [2.75, 3.05) is 11.4 Å². The molecule has 0 atom stereocenters. The Balaban J connectivity index is 1.79. The number of hydrogen-bond acceptors (Lipinski definition) is 3. The molecule has 5 heteroatoms. The zero-order valence-electron chi connectivity index (χ0n) is 17.0. The smallest absolute Gasteiger partial charge is 0.272 e. The molecule has 0 aromatic heterocycles. The van der Waals surface area contributed by atoms with E-state index in [4.69, 9.17) is 11.6 Å². The van der Waals surface area contributed by atoms with Crippen LogP contribution >= 0.6 is 11.6 Å². The molecule has 1 heterocycles. The number of fused-ring (bicyclic) bond motifs is 1. The third kappa shape index (κ3) is 3.97. The Bertz CT molecular complexity index is 976. The largest absolute Gasteiger partial charge is 0.363 e. The number of hydrogen-bond donors (Lipinski definition) is 1. The lowest BCUT2D eigenvalue weighted by Gasteiger charge is -2.42. The van der Waals surface area contributed by atoms with Crippen LogP contribution in [0.5, 0.6) is 0 Å². The van der Waals surface area contributed by atoms with Crippen molar-refractivity contribution < 1.29 is 4.79 Å². The minimum Gasteiger partial charge on any atom is -0.363 e. The first kappa shape index (κ1) is 20.2. The molecule has 0 radical (unpaired) electrons. The number of carbonyl (C=O) groups is 1. The van der Waals surface area contributed by atoms with Gasteiger partial charge in [0.1, 0.15) is 0 Å². The second kappa shape index (κ2) is 7.80. The summed E-state index contributed by atoms with van der Waals surface area (Å²) in [6.07, 6.45) is 3.95. The van der Waals surface area contributed by atoms with E-state index in [1.165, 1.54) is 16.8 Å². The fraction of sp³-hybridized carbons (Fsp3) is 0.304. The van der Waals surface area contributed by atoms with E-state index in [0.717, 1.165) is 17.7 Å². The highest BCUT2D eigenvalue weighted by Crippen LogP contribution is 2.38. The van der Waals surface area contributed by atoms with Crippen LogP contribution in [0.15, 0.2) is 47.6 Å². The molecule has 0 aliphatic carbocycles. The summed E-state index contributed by atoms with van der Waals surface area (Å²) < 4.78 is 0. The van der Waals surface area contributed by atoms with Gasteiger partial charge in [0.25, 0.3) is 5.91 Å². The lowest BCUT2D eigenvalue weighted by molar-refractivity contribution is 0.0955. The molecule has 1 aliphatic heterocycles. The number of benzene rings is 2. The van der Waals surface area contributed by atoms with E-state index in [2.05, 4.69) is 61.3 Å². The van der Waals surface area contributed by atoms with E-state index in [1.54, 1.807) is 18.3 Å². The lowest BCUT2D eigenvalue weighted by Crippen LogP contribution is -2.44. The van der Waals surface area contributed by atoms with Gasteiger partial charge in [-0.25, -0.2) is 5.43 Å². The SMILES string of the molecule is CCN1c2ccc(/C=N/NC(=O)c3ccc(C)cc3Cl)cc2C(C)=CC1(C)C. The molecule has 0 saturated carbocycles. The predicted octanol–water partition coefficient (Wildman–Crippen LogP) is 5.43. The highest BCUT2D eigenvalue weighted by molar-refractivity contribution is 6.33. The van der Waals surface area contributed by atoms with E-state index in [0.29, 0.717) is 10.6 Å². The quantitative estimate of drug-likeness (QED) is 0.553. The molecule has 28 heavy (non-hydrogen) atoms. The lowest BCUT2D eigenvalue weighted by atomic mass is 9.88. The molecule has 1 N–H and O–H groups in total. The number of anilines is 1. The number of carbonyl (C=O) groups excluding carboxylic acids is 1. The Morgan fingerprint density at radius 3 is 2.64 bits per heavy atom. The molecular formula is C23H26ClN3O. The Morgan fingerprint density at radius 1 is 1.21 bits per heavy atom. The minimum absolute atomic E-state index is 0.0112. The molecule has 0 bridgehead atoms. The van der Waals surface area contributed by atoms with E-state index in [1.807, 2.05) is 19.1 Å². The van der Waals surface area contributed by atoms with Crippen molar-refractivity contribution in [3.05, 3.63) is 69.8 Å². The summed E-state index contributed by atoms with van der Waals surface area (Å²) in [6.45, 7) is 11.6. The molecule has 2 aromatic carbocycles. The molecule has 0 fully saturated rings. The van der Waals surface area contributed by atoms with Crippen molar-refractivity contribution >= 4 is 35.0 Å². The molecule has 0 unspecified atom stereocenters. The van der Waals surface area contributed by atoms with Gasteiger partial charge < -0.3 is 4.90 Å². The maximum Gasteiger partial charge on any atom is 0.272 e. The molecule has 4 nitrogen and oxygen atoms in total. The summed E-state index contributed by atoms with van der Waals surface area (Å²) in [5, 5.41) is 4.53. The average Bonchev–Trinajstić information content (AvgIpc) is 2.61. The first-order valence-corrected chi connectivity index (χ1v) is 9.82. The molecule has 0 spiro atoms. The molecule has 2 aromatic rings. The average molecular weight is 396 g/mol. The van der Waals surface area contributed by atoms with Crippen LogP contribution in [-0.2, 0) is 0 Å². The fourth-order valence-corrected chi connectivity index (χ4v) is 4.11. The Labute approximate surface area is 171 Å². The van der Waals surface area contributed by atoms with Gasteiger partial charge in [-0.15, -0.1) is 0 Å². The second-order valence-electron chi connectivity index (χ2n) is 7.68. The fourth-order valence-electron chi connectivity index (χ4n) is 3.79. The first-order valence-electron chi connectivity index (χ1n) is 9.44. The van der Waals surface area contributed by atoms with Gasteiger partial charge >= 0.3 is 0 Å². The number of aryl methyl sites for hydroxylation is 1. The van der Waals surface area contributed by atoms with Crippen molar-refractivity contribution in [3.63, 3.8) is 0 Å². The van der Waals surface area contributed by atoms with Gasteiger partial charge in [0.05, 0.1) is 22.3 Å². The minimum atomic E-state index is -0.325. The van der Waals surface area contributed by atoms with E-state index >= 15 is 0 Å². The monoisotopic (exact) mass is 395 g/mol. The van der Waals surface area contributed by atoms with Crippen LogP contribution in [0, 0.1) is 6.92 Å². The van der Waals surface area contributed by atoms with Gasteiger partial charge in [-0.05, 0) is 75.6 Å². The number of nitrogens with one attached hydrogen (secondary N) is 1. The number of likely N-dealkylation sites (N-methyl/N-ethyl adjacent to an activating group) is 1. The number of nitrogens with zero attached hydrogens (tertiary/aromatic N) is 2. The van der Waals surface area contributed by atoms with Gasteiger partial charge in [0.15, 0.2) is 0 Å². The molecule has 0 saturated heterocycles. The van der Waals surface area contributed by atoms with Gasteiger partial charge in [0.2, 0.25) is 0 Å². The van der Waals surface area contributed by atoms with Crippen molar-refractivity contribution in [3.8, 4) is 0 Å². The maximum absolute atomic E-state index is 12.3. The third-order valence-corrected chi connectivity index (χ3v) is 5.38. The zero-order valence-corrected chi connectivity index (χ0v) is 17.8. The van der Waals surface area contributed by atoms with Crippen molar-refractivity contribution in [1.29, 1.82) is 0 Å². The topological polar surface area (TPSA) is 44.7 Å². The predicted molar refractivity (Wildman–Crippen MR) is 118 cm³/mol. The summed E-state index contributed by atoms with van der Waals surface area (Å²) in [4.78, 5) is 14.7. The molecule has 1 aliphatic rings.